The van der Waals surface area contributed by atoms with Crippen LogP contribution in [0.15, 0.2) is 12.4 Å². The van der Waals surface area contributed by atoms with Crippen LogP contribution >= 0.6 is 0 Å². The topological polar surface area (TPSA) is 55.6 Å². The Morgan fingerprint density at radius 2 is 1.75 bits per heavy atom. The molecule has 20 heavy (non-hydrogen) atoms. The number of imidazole rings is 1. The van der Waals surface area contributed by atoms with Crippen LogP contribution in [0.3, 0.4) is 0 Å². The summed E-state index contributed by atoms with van der Waals surface area (Å²) in [6.45, 7) is 11.3. The van der Waals surface area contributed by atoms with E-state index >= 15 is 0 Å². The highest BCUT2D eigenvalue weighted by Gasteiger charge is 2.15. The Labute approximate surface area is 120 Å². The highest BCUT2D eigenvalue weighted by atomic mass is 15.1. The van der Waals surface area contributed by atoms with Crippen molar-refractivity contribution in [3.8, 4) is 11.6 Å². The second kappa shape index (κ2) is 5.32. The first-order valence-corrected chi connectivity index (χ1v) is 6.85. The maximum absolute atomic E-state index is 4.60. The van der Waals surface area contributed by atoms with Gasteiger partial charge in [0.25, 0.3) is 0 Å². The molecule has 108 valence electrons. The van der Waals surface area contributed by atoms with Crippen molar-refractivity contribution in [2.24, 2.45) is 7.05 Å². The predicted octanol–water partition coefficient (Wildman–Crippen LogP) is 2.38. The van der Waals surface area contributed by atoms with Crippen LogP contribution in [0.4, 0.5) is 0 Å². The normalized spacial score (nSPS) is 11.9. The summed E-state index contributed by atoms with van der Waals surface area (Å²) in [6, 6.07) is 0. The summed E-state index contributed by atoms with van der Waals surface area (Å²) >= 11 is 0. The fraction of sp³-hybridized carbons (Fsp3) is 0.533. The van der Waals surface area contributed by atoms with Crippen LogP contribution in [0.25, 0.3) is 11.6 Å². The SMILES string of the molecule is Cc1nc(-c2nccn2C)nc(C)c1CNC(C)(C)C. The van der Waals surface area contributed by atoms with Gasteiger partial charge in [0, 0.05) is 48.5 Å². The molecule has 2 aromatic rings. The van der Waals surface area contributed by atoms with E-state index in [1.165, 1.54) is 0 Å². The van der Waals surface area contributed by atoms with Gasteiger partial charge in [0.1, 0.15) is 0 Å². The fourth-order valence-corrected chi connectivity index (χ4v) is 2.03. The molecule has 2 rings (SSSR count). The van der Waals surface area contributed by atoms with Gasteiger partial charge >= 0.3 is 0 Å². The second-order valence-electron chi connectivity index (χ2n) is 6.16. The molecule has 0 fully saturated rings. The maximum Gasteiger partial charge on any atom is 0.196 e. The lowest BCUT2D eigenvalue weighted by Gasteiger charge is -2.21. The molecule has 5 heteroatoms. The summed E-state index contributed by atoms with van der Waals surface area (Å²) in [7, 11) is 1.95. The maximum atomic E-state index is 4.60. The number of nitrogens with zero attached hydrogens (tertiary/aromatic N) is 4. The van der Waals surface area contributed by atoms with Crippen LogP contribution in [-0.2, 0) is 13.6 Å². The van der Waals surface area contributed by atoms with Crippen molar-refractivity contribution in [2.75, 3.05) is 0 Å². The van der Waals surface area contributed by atoms with E-state index in [-0.39, 0.29) is 5.54 Å². The molecular formula is C15H23N5. The minimum absolute atomic E-state index is 0.0806. The number of nitrogens with one attached hydrogen (secondary N) is 1. The molecule has 2 aromatic heterocycles. The summed E-state index contributed by atoms with van der Waals surface area (Å²) in [6.07, 6.45) is 3.66. The molecule has 0 amide bonds. The molecule has 0 saturated carbocycles. The Bertz CT molecular complexity index is 584. The standard InChI is InChI=1S/C15H23N5/c1-10-12(9-17-15(3,4)5)11(2)19-13(18-10)14-16-7-8-20(14)6/h7-8,17H,9H2,1-6H3. The van der Waals surface area contributed by atoms with Crippen LogP contribution < -0.4 is 5.32 Å². The zero-order valence-electron chi connectivity index (χ0n) is 13.2. The number of aromatic nitrogens is 4. The molecular weight excluding hydrogens is 250 g/mol. The van der Waals surface area contributed by atoms with E-state index in [1.807, 2.05) is 31.7 Å². The second-order valence-corrected chi connectivity index (χ2v) is 6.16. The molecule has 1 N–H and O–H groups in total. The Morgan fingerprint density at radius 3 is 2.20 bits per heavy atom. The minimum Gasteiger partial charge on any atom is -0.331 e. The van der Waals surface area contributed by atoms with Gasteiger partial charge in [0.2, 0.25) is 0 Å². The number of rotatable bonds is 3. The van der Waals surface area contributed by atoms with Gasteiger partial charge in [-0.15, -0.1) is 0 Å². The summed E-state index contributed by atoms with van der Waals surface area (Å²) in [5.74, 6) is 1.48. The molecule has 0 unspecified atom stereocenters. The monoisotopic (exact) mass is 273 g/mol. The Balaban J connectivity index is 2.32. The van der Waals surface area contributed by atoms with Crippen molar-refractivity contribution in [1.29, 1.82) is 0 Å². The first kappa shape index (κ1) is 14.7. The van der Waals surface area contributed by atoms with Gasteiger partial charge in [-0.3, -0.25) is 0 Å². The molecule has 0 aliphatic carbocycles. The summed E-state index contributed by atoms with van der Waals surface area (Å²) in [5, 5.41) is 3.48. The molecule has 2 heterocycles. The fourth-order valence-electron chi connectivity index (χ4n) is 2.03. The lowest BCUT2D eigenvalue weighted by atomic mass is 10.1. The van der Waals surface area contributed by atoms with Gasteiger partial charge in [-0.25, -0.2) is 15.0 Å². The molecule has 0 spiro atoms. The lowest BCUT2D eigenvalue weighted by Crippen LogP contribution is -2.35. The number of hydrogen-bond acceptors (Lipinski definition) is 4. The highest BCUT2D eigenvalue weighted by Crippen LogP contribution is 2.17. The van der Waals surface area contributed by atoms with E-state index in [9.17, 15) is 0 Å². The van der Waals surface area contributed by atoms with Gasteiger partial charge < -0.3 is 9.88 Å². The minimum atomic E-state index is 0.0806. The zero-order valence-corrected chi connectivity index (χ0v) is 13.2. The predicted molar refractivity (Wildman–Crippen MR) is 80.3 cm³/mol. The molecule has 0 aliphatic rings. The van der Waals surface area contributed by atoms with Crippen LogP contribution in [0.2, 0.25) is 0 Å². The average Bonchev–Trinajstić information content (AvgIpc) is 2.72. The van der Waals surface area contributed by atoms with Crippen LogP contribution in [-0.4, -0.2) is 25.1 Å². The summed E-state index contributed by atoms with van der Waals surface area (Å²) in [4.78, 5) is 13.5. The third kappa shape index (κ3) is 3.22. The number of aryl methyl sites for hydroxylation is 3. The quantitative estimate of drug-likeness (QED) is 0.933. The van der Waals surface area contributed by atoms with Gasteiger partial charge in [-0.2, -0.15) is 0 Å². The largest absolute Gasteiger partial charge is 0.331 e. The van der Waals surface area contributed by atoms with Crippen molar-refractivity contribution < 1.29 is 0 Å². The van der Waals surface area contributed by atoms with Crippen molar-refractivity contribution in [3.63, 3.8) is 0 Å². The van der Waals surface area contributed by atoms with Crippen molar-refractivity contribution in [3.05, 3.63) is 29.3 Å². The molecule has 0 aliphatic heterocycles. The van der Waals surface area contributed by atoms with Crippen molar-refractivity contribution in [1.82, 2.24) is 24.8 Å². The lowest BCUT2D eigenvalue weighted by molar-refractivity contribution is 0.422. The van der Waals surface area contributed by atoms with Crippen LogP contribution in [0.5, 0.6) is 0 Å². The van der Waals surface area contributed by atoms with E-state index in [4.69, 9.17) is 0 Å². The first-order chi connectivity index (χ1) is 9.28. The summed E-state index contributed by atoms with van der Waals surface area (Å²) < 4.78 is 1.93. The molecule has 0 radical (unpaired) electrons. The Kier molecular flexibility index (Phi) is 3.90. The Morgan fingerprint density at radius 1 is 1.15 bits per heavy atom. The zero-order chi connectivity index (χ0) is 14.9. The molecule has 0 atom stereocenters. The van der Waals surface area contributed by atoms with E-state index < -0.39 is 0 Å². The summed E-state index contributed by atoms with van der Waals surface area (Å²) in [5.41, 5.74) is 3.26. The highest BCUT2D eigenvalue weighted by molar-refractivity contribution is 5.46. The molecule has 0 aromatic carbocycles. The van der Waals surface area contributed by atoms with Gasteiger partial charge in [-0.1, -0.05) is 0 Å². The van der Waals surface area contributed by atoms with Crippen molar-refractivity contribution >= 4 is 0 Å². The number of hydrogen-bond donors (Lipinski definition) is 1. The van der Waals surface area contributed by atoms with Gasteiger partial charge in [0.15, 0.2) is 11.6 Å². The van der Waals surface area contributed by atoms with E-state index in [0.29, 0.717) is 5.82 Å². The van der Waals surface area contributed by atoms with E-state index in [0.717, 1.165) is 29.3 Å². The smallest absolute Gasteiger partial charge is 0.196 e. The molecule has 0 bridgehead atoms. The van der Waals surface area contributed by atoms with Crippen molar-refractivity contribution in [2.45, 2.75) is 46.7 Å². The van der Waals surface area contributed by atoms with Crippen LogP contribution in [0, 0.1) is 13.8 Å². The third-order valence-corrected chi connectivity index (χ3v) is 3.24. The molecule has 5 nitrogen and oxygen atoms in total. The Hall–Kier alpha value is -1.75. The van der Waals surface area contributed by atoms with Gasteiger partial charge in [-0.05, 0) is 34.6 Å². The van der Waals surface area contributed by atoms with E-state index in [2.05, 4.69) is 41.0 Å². The molecule has 0 saturated heterocycles. The third-order valence-electron chi connectivity index (χ3n) is 3.24. The van der Waals surface area contributed by atoms with Crippen LogP contribution in [0.1, 0.15) is 37.7 Å². The first-order valence-electron chi connectivity index (χ1n) is 6.85. The van der Waals surface area contributed by atoms with E-state index in [1.54, 1.807) is 6.20 Å². The van der Waals surface area contributed by atoms with Gasteiger partial charge in [0.05, 0.1) is 0 Å². The average molecular weight is 273 g/mol.